The van der Waals surface area contributed by atoms with Crippen LogP contribution in [-0.4, -0.2) is 29.4 Å². The third kappa shape index (κ3) is 6.52. The summed E-state index contributed by atoms with van der Waals surface area (Å²) in [5, 5.41) is 5.90. The lowest BCUT2D eigenvalue weighted by Crippen LogP contribution is -2.35. The zero-order valence-corrected chi connectivity index (χ0v) is 13.7. The number of hydrogen-bond donors (Lipinski definition) is 2. The van der Waals surface area contributed by atoms with Crippen molar-refractivity contribution in [3.8, 4) is 0 Å². The van der Waals surface area contributed by atoms with Gasteiger partial charge in [-0.1, -0.05) is 43.9 Å². The molecule has 2 amide bonds. The van der Waals surface area contributed by atoms with Crippen LogP contribution in [-0.2, 0) is 9.59 Å². The summed E-state index contributed by atoms with van der Waals surface area (Å²) in [5.41, 5.74) is 0.788. The Hall–Kier alpha value is -1.49. The second-order valence-electron chi connectivity index (χ2n) is 5.66. The zero-order valence-electron chi connectivity index (χ0n) is 12.8. The van der Waals surface area contributed by atoms with E-state index in [-0.39, 0.29) is 11.8 Å². The van der Waals surface area contributed by atoms with E-state index in [1.165, 1.54) is 37.4 Å². The SMILES string of the molecule is O=C(CSCC(=O)NC1CCCCCC1)Nc1ccccc1. The summed E-state index contributed by atoms with van der Waals surface area (Å²) < 4.78 is 0. The number of thioether (sulfide) groups is 1. The van der Waals surface area contributed by atoms with Crippen molar-refractivity contribution in [3.05, 3.63) is 30.3 Å². The molecule has 120 valence electrons. The minimum atomic E-state index is -0.0709. The molecular formula is C17H24N2O2S. The van der Waals surface area contributed by atoms with Gasteiger partial charge >= 0.3 is 0 Å². The van der Waals surface area contributed by atoms with Crippen molar-refractivity contribution in [3.63, 3.8) is 0 Å². The van der Waals surface area contributed by atoms with E-state index in [0.29, 0.717) is 17.5 Å². The molecule has 0 atom stereocenters. The summed E-state index contributed by atoms with van der Waals surface area (Å²) >= 11 is 1.36. The van der Waals surface area contributed by atoms with Gasteiger partial charge in [-0.2, -0.15) is 0 Å². The van der Waals surface area contributed by atoms with Crippen molar-refractivity contribution in [2.75, 3.05) is 16.8 Å². The normalized spacial score (nSPS) is 15.8. The first-order valence-electron chi connectivity index (χ1n) is 7.96. The van der Waals surface area contributed by atoms with Gasteiger partial charge in [0, 0.05) is 11.7 Å². The molecule has 1 fully saturated rings. The van der Waals surface area contributed by atoms with Crippen LogP contribution < -0.4 is 10.6 Å². The number of carbonyl (C=O) groups is 2. The first-order chi connectivity index (χ1) is 10.7. The van der Waals surface area contributed by atoms with E-state index in [1.807, 2.05) is 30.3 Å². The predicted octanol–water partition coefficient (Wildman–Crippen LogP) is 3.20. The molecule has 1 aromatic carbocycles. The van der Waals surface area contributed by atoms with Gasteiger partial charge in [0.05, 0.1) is 11.5 Å². The minimum Gasteiger partial charge on any atom is -0.353 e. The molecule has 0 aliphatic heterocycles. The largest absolute Gasteiger partial charge is 0.353 e. The first kappa shape index (κ1) is 16.9. The molecule has 1 aliphatic rings. The molecule has 1 aromatic rings. The topological polar surface area (TPSA) is 58.2 Å². The summed E-state index contributed by atoms with van der Waals surface area (Å²) in [5.74, 6) is 0.619. The fraction of sp³-hybridized carbons (Fsp3) is 0.529. The molecule has 22 heavy (non-hydrogen) atoms. The van der Waals surface area contributed by atoms with E-state index in [2.05, 4.69) is 10.6 Å². The fourth-order valence-electron chi connectivity index (χ4n) is 2.65. The Kier molecular flexibility index (Phi) is 7.30. The van der Waals surface area contributed by atoms with Crippen molar-refractivity contribution in [2.45, 2.75) is 44.6 Å². The quantitative estimate of drug-likeness (QED) is 0.791. The standard InChI is InChI=1S/C17H24N2O2S/c20-16(18-14-8-4-1-2-5-9-14)12-22-13-17(21)19-15-10-6-3-7-11-15/h3,6-7,10-11,14H,1-2,4-5,8-9,12-13H2,(H,18,20)(H,19,21). The van der Waals surface area contributed by atoms with E-state index in [4.69, 9.17) is 0 Å². The maximum atomic E-state index is 11.9. The lowest BCUT2D eigenvalue weighted by Gasteiger charge is -2.15. The van der Waals surface area contributed by atoms with Gasteiger partial charge in [-0.3, -0.25) is 9.59 Å². The highest BCUT2D eigenvalue weighted by Gasteiger charge is 2.14. The number of nitrogens with one attached hydrogen (secondary N) is 2. The second-order valence-corrected chi connectivity index (χ2v) is 6.65. The van der Waals surface area contributed by atoms with E-state index in [1.54, 1.807) is 0 Å². The van der Waals surface area contributed by atoms with Gasteiger partial charge in [0.15, 0.2) is 0 Å². The monoisotopic (exact) mass is 320 g/mol. The van der Waals surface area contributed by atoms with Crippen LogP contribution in [0.1, 0.15) is 38.5 Å². The highest BCUT2D eigenvalue weighted by atomic mass is 32.2. The molecule has 0 heterocycles. The molecule has 0 radical (unpaired) electrons. The highest BCUT2D eigenvalue weighted by Crippen LogP contribution is 2.17. The molecule has 0 spiro atoms. The molecule has 2 rings (SSSR count). The van der Waals surface area contributed by atoms with Crippen molar-refractivity contribution >= 4 is 29.3 Å². The van der Waals surface area contributed by atoms with Crippen LogP contribution >= 0.6 is 11.8 Å². The molecule has 4 nitrogen and oxygen atoms in total. The van der Waals surface area contributed by atoms with Crippen LogP contribution in [0.4, 0.5) is 5.69 Å². The van der Waals surface area contributed by atoms with E-state index >= 15 is 0 Å². The van der Waals surface area contributed by atoms with Gasteiger partial charge in [0.25, 0.3) is 0 Å². The van der Waals surface area contributed by atoms with Gasteiger partial charge in [0.2, 0.25) is 11.8 Å². The third-order valence-corrected chi connectivity index (χ3v) is 4.68. The first-order valence-corrected chi connectivity index (χ1v) is 9.11. The molecule has 0 aromatic heterocycles. The molecule has 2 N–H and O–H groups in total. The van der Waals surface area contributed by atoms with Crippen LogP contribution in [0.3, 0.4) is 0 Å². The van der Waals surface area contributed by atoms with Gasteiger partial charge in [-0.25, -0.2) is 0 Å². The summed E-state index contributed by atoms with van der Waals surface area (Å²) in [7, 11) is 0. The molecule has 0 unspecified atom stereocenters. The molecular weight excluding hydrogens is 296 g/mol. The summed E-state index contributed by atoms with van der Waals surface area (Å²) in [6.07, 6.45) is 7.15. The average Bonchev–Trinajstić information content (AvgIpc) is 2.77. The number of rotatable bonds is 6. The highest BCUT2D eigenvalue weighted by molar-refractivity contribution is 8.00. The predicted molar refractivity (Wildman–Crippen MR) is 92.0 cm³/mol. The van der Waals surface area contributed by atoms with Crippen LogP contribution in [0.15, 0.2) is 30.3 Å². The Morgan fingerprint density at radius 2 is 1.59 bits per heavy atom. The third-order valence-electron chi connectivity index (χ3n) is 3.74. The van der Waals surface area contributed by atoms with E-state index in [9.17, 15) is 9.59 Å². The van der Waals surface area contributed by atoms with E-state index < -0.39 is 0 Å². The van der Waals surface area contributed by atoms with Crippen LogP contribution in [0.25, 0.3) is 0 Å². The van der Waals surface area contributed by atoms with Crippen LogP contribution in [0, 0.1) is 0 Å². The van der Waals surface area contributed by atoms with Gasteiger partial charge in [0.1, 0.15) is 0 Å². The summed E-state index contributed by atoms with van der Waals surface area (Å²) in [4.78, 5) is 23.7. The van der Waals surface area contributed by atoms with Gasteiger partial charge in [-0.05, 0) is 25.0 Å². The van der Waals surface area contributed by atoms with Crippen molar-refractivity contribution < 1.29 is 9.59 Å². The Morgan fingerprint density at radius 3 is 2.27 bits per heavy atom. The number of anilines is 1. The van der Waals surface area contributed by atoms with Crippen molar-refractivity contribution in [1.29, 1.82) is 0 Å². The molecule has 0 saturated heterocycles. The van der Waals surface area contributed by atoms with E-state index in [0.717, 1.165) is 18.5 Å². The Balaban J connectivity index is 1.61. The lowest BCUT2D eigenvalue weighted by molar-refractivity contribution is -0.119. The van der Waals surface area contributed by atoms with Crippen LogP contribution in [0.2, 0.25) is 0 Å². The number of carbonyl (C=O) groups excluding carboxylic acids is 2. The lowest BCUT2D eigenvalue weighted by atomic mass is 10.1. The molecule has 1 aliphatic carbocycles. The Labute approximate surface area is 136 Å². The van der Waals surface area contributed by atoms with Crippen LogP contribution in [0.5, 0.6) is 0 Å². The number of hydrogen-bond acceptors (Lipinski definition) is 3. The summed E-state index contributed by atoms with van der Waals surface area (Å²) in [6, 6.07) is 9.69. The smallest absolute Gasteiger partial charge is 0.234 e. The molecule has 0 bridgehead atoms. The van der Waals surface area contributed by atoms with Gasteiger partial charge < -0.3 is 10.6 Å². The average molecular weight is 320 g/mol. The molecule has 1 saturated carbocycles. The second kappa shape index (κ2) is 9.51. The maximum Gasteiger partial charge on any atom is 0.234 e. The number of para-hydroxylation sites is 1. The Bertz CT molecular complexity index is 471. The van der Waals surface area contributed by atoms with Gasteiger partial charge in [-0.15, -0.1) is 11.8 Å². The summed E-state index contributed by atoms with van der Waals surface area (Å²) in [6.45, 7) is 0. The fourth-order valence-corrected chi connectivity index (χ4v) is 3.28. The zero-order chi connectivity index (χ0) is 15.6. The van der Waals surface area contributed by atoms with Crippen molar-refractivity contribution in [2.24, 2.45) is 0 Å². The maximum absolute atomic E-state index is 11.9. The Morgan fingerprint density at radius 1 is 0.955 bits per heavy atom. The number of amides is 2. The minimum absolute atomic E-state index is 0.0458. The molecule has 5 heteroatoms. The van der Waals surface area contributed by atoms with Crippen molar-refractivity contribution in [1.82, 2.24) is 5.32 Å². The number of benzene rings is 1.